The quantitative estimate of drug-likeness (QED) is 0.443. The molecule has 1 aromatic heterocycles. The van der Waals surface area contributed by atoms with Gasteiger partial charge in [-0.25, -0.2) is 0 Å². The van der Waals surface area contributed by atoms with Crippen LogP contribution in [0.2, 0.25) is 5.02 Å². The summed E-state index contributed by atoms with van der Waals surface area (Å²) in [5, 5.41) is 13.7. The summed E-state index contributed by atoms with van der Waals surface area (Å²) in [6.45, 7) is 3.08. The minimum Gasteiger partial charge on any atom is -0.479 e. The maximum Gasteiger partial charge on any atom is 0.417 e. The van der Waals surface area contributed by atoms with E-state index in [9.17, 15) is 22.8 Å². The molecule has 0 spiro atoms. The number of carbonyl (C=O) groups is 2. The van der Waals surface area contributed by atoms with Gasteiger partial charge in [-0.1, -0.05) is 29.8 Å². The predicted octanol–water partition coefficient (Wildman–Crippen LogP) is 4.48. The van der Waals surface area contributed by atoms with Crippen LogP contribution in [0.1, 0.15) is 48.4 Å². The maximum absolute atomic E-state index is 13.6. The number of amides is 2. The third kappa shape index (κ3) is 6.04. The van der Waals surface area contributed by atoms with Crippen molar-refractivity contribution < 1.29 is 27.5 Å². The van der Waals surface area contributed by atoms with Gasteiger partial charge < -0.3 is 19.9 Å². The molecule has 2 aromatic carbocycles. The number of alkyl halides is 3. The molecule has 1 fully saturated rings. The average Bonchev–Trinajstić information content (AvgIpc) is 3.55. The van der Waals surface area contributed by atoms with Crippen LogP contribution >= 0.6 is 11.6 Å². The molecule has 0 unspecified atom stereocenters. The van der Waals surface area contributed by atoms with E-state index >= 15 is 0 Å². The van der Waals surface area contributed by atoms with Crippen LogP contribution in [0.3, 0.4) is 0 Å². The molecule has 8 nitrogen and oxygen atoms in total. The Balaban J connectivity index is 1.59. The van der Waals surface area contributed by atoms with Gasteiger partial charge in [-0.05, 0) is 51.0 Å². The summed E-state index contributed by atoms with van der Waals surface area (Å²) in [5.74, 6) is -0.488. The van der Waals surface area contributed by atoms with Crippen LogP contribution in [0.15, 0.2) is 42.5 Å². The van der Waals surface area contributed by atoms with Crippen LogP contribution in [-0.2, 0) is 23.6 Å². The number of ether oxygens (including phenoxy) is 1. The summed E-state index contributed by atoms with van der Waals surface area (Å²) in [4.78, 5) is 24.8. The first-order valence-electron chi connectivity index (χ1n) is 11.5. The normalized spacial score (nSPS) is 13.8. The highest BCUT2D eigenvalue weighted by molar-refractivity contribution is 6.31. The zero-order valence-corrected chi connectivity index (χ0v) is 21.1. The fourth-order valence-electron chi connectivity index (χ4n) is 3.86. The van der Waals surface area contributed by atoms with Crippen LogP contribution in [0.5, 0.6) is 5.75 Å². The lowest BCUT2D eigenvalue weighted by Gasteiger charge is -2.27. The molecule has 0 atom stereocenters. The Morgan fingerprint density at radius 1 is 1.14 bits per heavy atom. The highest BCUT2D eigenvalue weighted by atomic mass is 35.5. The second-order valence-electron chi connectivity index (χ2n) is 9.23. The van der Waals surface area contributed by atoms with Crippen molar-refractivity contribution in [1.29, 1.82) is 0 Å². The highest BCUT2D eigenvalue weighted by Crippen LogP contribution is 2.37. The van der Waals surface area contributed by atoms with Crippen molar-refractivity contribution in [2.24, 2.45) is 7.05 Å². The van der Waals surface area contributed by atoms with E-state index in [4.69, 9.17) is 16.3 Å². The number of nitrogens with one attached hydrogen (secondary N) is 2. The molecule has 196 valence electrons. The summed E-state index contributed by atoms with van der Waals surface area (Å²) in [6.07, 6.45) is -2.73. The Morgan fingerprint density at radius 2 is 1.84 bits per heavy atom. The number of nitrogens with zero attached hydrogens (tertiary/aromatic N) is 3. The topological polar surface area (TPSA) is 98.1 Å². The number of hydrogen-bond acceptors (Lipinski definition) is 5. The minimum atomic E-state index is -4.57. The highest BCUT2D eigenvalue weighted by Gasteiger charge is 2.36. The van der Waals surface area contributed by atoms with Gasteiger partial charge in [0.1, 0.15) is 5.75 Å². The number of rotatable bonds is 8. The third-order valence-electron chi connectivity index (χ3n) is 5.79. The number of hydrogen-bond donors (Lipinski definition) is 2. The second kappa shape index (κ2) is 10.0. The van der Waals surface area contributed by atoms with E-state index in [0.717, 1.165) is 18.9 Å². The van der Waals surface area contributed by atoms with Crippen molar-refractivity contribution >= 4 is 23.4 Å². The molecule has 0 aliphatic heterocycles. The van der Waals surface area contributed by atoms with E-state index in [1.165, 1.54) is 48.0 Å². The van der Waals surface area contributed by atoms with Crippen molar-refractivity contribution in [1.82, 2.24) is 25.4 Å². The number of carbonyl (C=O) groups excluding carboxylic acids is 2. The van der Waals surface area contributed by atoms with E-state index in [1.807, 2.05) is 0 Å². The first-order valence-corrected chi connectivity index (χ1v) is 11.9. The standard InChI is InChI=1S/C25H25ClF3N5O3/c1-24(2,23-33-32-21(34(23)3)16-6-4-5-7-18(16)25(27,28)29)37-19-11-8-14(26)12-17(19)22(36)30-13-20(35)31-15-9-10-15/h4-8,11-12,15H,9-10,13H2,1-3H3,(H,30,36)(H,31,35). The maximum atomic E-state index is 13.6. The molecule has 0 saturated heterocycles. The molecule has 3 aromatic rings. The lowest BCUT2D eigenvalue weighted by atomic mass is 10.1. The summed E-state index contributed by atoms with van der Waals surface area (Å²) in [5.41, 5.74) is -2.09. The van der Waals surface area contributed by atoms with Gasteiger partial charge in [0.25, 0.3) is 5.91 Å². The smallest absolute Gasteiger partial charge is 0.417 e. The molecule has 0 radical (unpaired) electrons. The minimum absolute atomic E-state index is 0.00958. The molecule has 1 heterocycles. The van der Waals surface area contributed by atoms with Crippen molar-refractivity contribution in [2.75, 3.05) is 6.54 Å². The zero-order chi connectivity index (χ0) is 27.0. The lowest BCUT2D eigenvalue weighted by molar-refractivity contribution is -0.137. The molecule has 4 rings (SSSR count). The molecule has 2 amide bonds. The number of halogens is 4. The van der Waals surface area contributed by atoms with E-state index in [2.05, 4.69) is 20.8 Å². The Bertz CT molecular complexity index is 1340. The van der Waals surface area contributed by atoms with Gasteiger partial charge in [0, 0.05) is 23.7 Å². The van der Waals surface area contributed by atoms with Crippen LogP contribution in [0, 0.1) is 0 Å². The van der Waals surface area contributed by atoms with Crippen molar-refractivity contribution in [3.63, 3.8) is 0 Å². The lowest BCUT2D eigenvalue weighted by Crippen LogP contribution is -2.38. The third-order valence-corrected chi connectivity index (χ3v) is 6.03. The second-order valence-corrected chi connectivity index (χ2v) is 9.66. The fourth-order valence-corrected chi connectivity index (χ4v) is 4.04. The summed E-state index contributed by atoms with van der Waals surface area (Å²) >= 11 is 6.10. The van der Waals surface area contributed by atoms with Crippen molar-refractivity contribution in [2.45, 2.75) is 44.5 Å². The first kappa shape index (κ1) is 26.5. The number of benzene rings is 2. The van der Waals surface area contributed by atoms with E-state index < -0.39 is 23.2 Å². The molecular formula is C25H25ClF3N5O3. The monoisotopic (exact) mass is 535 g/mol. The van der Waals surface area contributed by atoms with Crippen molar-refractivity contribution in [3.8, 4) is 17.1 Å². The first-order chi connectivity index (χ1) is 17.4. The SMILES string of the molecule is Cn1c(-c2ccccc2C(F)(F)F)nnc1C(C)(C)Oc1ccc(Cl)cc1C(=O)NCC(=O)NC1CC1. The Kier molecular flexibility index (Phi) is 7.18. The predicted molar refractivity (Wildman–Crippen MR) is 130 cm³/mol. The van der Waals surface area contributed by atoms with Gasteiger partial charge in [0.05, 0.1) is 17.7 Å². The molecule has 0 bridgehead atoms. The van der Waals surface area contributed by atoms with Gasteiger partial charge in [-0.3, -0.25) is 9.59 Å². The van der Waals surface area contributed by atoms with E-state index in [1.54, 1.807) is 13.8 Å². The van der Waals surface area contributed by atoms with Gasteiger partial charge in [0.2, 0.25) is 5.91 Å². The average molecular weight is 536 g/mol. The zero-order valence-electron chi connectivity index (χ0n) is 20.3. The Morgan fingerprint density at radius 3 is 2.51 bits per heavy atom. The van der Waals surface area contributed by atoms with Gasteiger partial charge in [-0.2, -0.15) is 13.2 Å². The molecule has 37 heavy (non-hydrogen) atoms. The molecule has 1 aliphatic carbocycles. The summed E-state index contributed by atoms with van der Waals surface area (Å²) in [6, 6.07) is 9.70. The van der Waals surface area contributed by atoms with E-state index in [-0.39, 0.29) is 52.0 Å². The number of aromatic nitrogens is 3. The van der Waals surface area contributed by atoms with Crippen LogP contribution in [0.4, 0.5) is 13.2 Å². The summed E-state index contributed by atoms with van der Waals surface area (Å²) < 4.78 is 48.3. The molecule has 2 N–H and O–H groups in total. The van der Waals surface area contributed by atoms with Crippen LogP contribution in [0.25, 0.3) is 11.4 Å². The summed E-state index contributed by atoms with van der Waals surface area (Å²) in [7, 11) is 1.54. The van der Waals surface area contributed by atoms with Crippen LogP contribution in [-0.4, -0.2) is 39.2 Å². The van der Waals surface area contributed by atoms with Gasteiger partial charge in [-0.15, -0.1) is 10.2 Å². The Labute approximate surface area is 216 Å². The molecular weight excluding hydrogens is 511 g/mol. The van der Waals surface area contributed by atoms with E-state index in [0.29, 0.717) is 0 Å². The van der Waals surface area contributed by atoms with Gasteiger partial charge >= 0.3 is 6.18 Å². The van der Waals surface area contributed by atoms with Crippen LogP contribution < -0.4 is 15.4 Å². The van der Waals surface area contributed by atoms with Crippen molar-refractivity contribution in [3.05, 3.63) is 64.4 Å². The molecule has 1 aliphatic rings. The molecule has 12 heteroatoms. The molecule has 1 saturated carbocycles. The fraction of sp³-hybridized carbons (Fsp3) is 0.360. The Hall–Kier alpha value is -3.60. The van der Waals surface area contributed by atoms with Gasteiger partial charge in [0.15, 0.2) is 17.2 Å². The largest absolute Gasteiger partial charge is 0.479 e.